The van der Waals surface area contributed by atoms with E-state index in [0.717, 1.165) is 23.0 Å². The molecule has 4 heteroatoms. The second-order valence-electron chi connectivity index (χ2n) is 4.53. The highest BCUT2D eigenvalue weighted by atomic mass is 35.5. The lowest BCUT2D eigenvalue weighted by molar-refractivity contribution is 0.322. The normalized spacial score (nSPS) is 10.4. The number of thiophene rings is 1. The molecule has 2 rings (SSSR count). The molecular formula is C16H16ClNOS. The fraction of sp³-hybridized carbons (Fsp3) is 0.250. The third-order valence-corrected chi connectivity index (χ3v) is 3.94. The van der Waals surface area contributed by atoms with Crippen molar-refractivity contribution in [2.75, 3.05) is 13.7 Å². The number of rotatable bonds is 4. The van der Waals surface area contributed by atoms with Gasteiger partial charge >= 0.3 is 0 Å². The average molecular weight is 306 g/mol. The van der Waals surface area contributed by atoms with Crippen LogP contribution in [0.4, 0.5) is 0 Å². The summed E-state index contributed by atoms with van der Waals surface area (Å²) in [5.74, 6) is 5.59. The molecule has 0 unspecified atom stereocenters. The second-order valence-corrected chi connectivity index (χ2v) is 6.13. The first kappa shape index (κ1) is 15.1. The Kier molecular flexibility index (Phi) is 5.63. The van der Waals surface area contributed by atoms with E-state index >= 15 is 0 Å². The molecule has 1 N–H and O–H groups in total. The fourth-order valence-electron chi connectivity index (χ4n) is 1.93. The van der Waals surface area contributed by atoms with Crippen LogP contribution < -0.4 is 0 Å². The van der Waals surface area contributed by atoms with Gasteiger partial charge in [-0.15, -0.1) is 11.3 Å². The summed E-state index contributed by atoms with van der Waals surface area (Å²) in [6, 6.07) is 12.0. The third-order valence-electron chi connectivity index (χ3n) is 2.72. The zero-order valence-corrected chi connectivity index (χ0v) is 12.8. The van der Waals surface area contributed by atoms with Crippen molar-refractivity contribution in [3.8, 4) is 11.8 Å². The summed E-state index contributed by atoms with van der Waals surface area (Å²) in [5.41, 5.74) is 1.21. The van der Waals surface area contributed by atoms with Crippen molar-refractivity contribution < 1.29 is 5.11 Å². The van der Waals surface area contributed by atoms with Crippen molar-refractivity contribution in [1.29, 1.82) is 0 Å². The van der Waals surface area contributed by atoms with Gasteiger partial charge in [0.1, 0.15) is 6.61 Å². The molecule has 0 saturated carbocycles. The van der Waals surface area contributed by atoms with Crippen LogP contribution in [0.1, 0.15) is 15.3 Å². The predicted octanol–water partition coefficient (Wildman–Crippen LogP) is 3.38. The maximum Gasteiger partial charge on any atom is 0.104 e. The highest BCUT2D eigenvalue weighted by molar-refractivity contribution is 7.12. The van der Waals surface area contributed by atoms with Crippen molar-refractivity contribution in [1.82, 2.24) is 4.90 Å². The van der Waals surface area contributed by atoms with Crippen LogP contribution in [0.25, 0.3) is 0 Å². The van der Waals surface area contributed by atoms with Gasteiger partial charge in [-0.3, -0.25) is 4.90 Å². The molecule has 0 atom stereocenters. The van der Waals surface area contributed by atoms with Gasteiger partial charge in [0.2, 0.25) is 0 Å². The molecule has 0 aliphatic rings. The van der Waals surface area contributed by atoms with Crippen molar-refractivity contribution in [3.63, 3.8) is 0 Å². The number of hydrogen-bond donors (Lipinski definition) is 1. The van der Waals surface area contributed by atoms with E-state index in [-0.39, 0.29) is 6.61 Å². The van der Waals surface area contributed by atoms with Crippen molar-refractivity contribution in [3.05, 3.63) is 56.7 Å². The highest BCUT2D eigenvalue weighted by Gasteiger charge is 2.04. The van der Waals surface area contributed by atoms with E-state index in [2.05, 4.69) is 35.9 Å². The van der Waals surface area contributed by atoms with Crippen LogP contribution in [-0.2, 0) is 13.1 Å². The molecule has 1 heterocycles. The first-order chi connectivity index (χ1) is 9.67. The maximum atomic E-state index is 8.68. The Morgan fingerprint density at radius 2 is 2.10 bits per heavy atom. The second kappa shape index (κ2) is 7.47. The largest absolute Gasteiger partial charge is 0.384 e. The maximum absolute atomic E-state index is 8.68. The molecule has 0 bridgehead atoms. The lowest BCUT2D eigenvalue weighted by atomic mass is 10.2. The van der Waals surface area contributed by atoms with E-state index in [4.69, 9.17) is 16.7 Å². The molecule has 0 aliphatic carbocycles. The van der Waals surface area contributed by atoms with Crippen LogP contribution in [-0.4, -0.2) is 23.7 Å². The van der Waals surface area contributed by atoms with Crippen LogP contribution in [0.15, 0.2) is 36.4 Å². The number of nitrogens with zero attached hydrogens (tertiary/aromatic N) is 1. The van der Waals surface area contributed by atoms with Gasteiger partial charge in [-0.2, -0.15) is 0 Å². The molecule has 1 aromatic carbocycles. The van der Waals surface area contributed by atoms with Gasteiger partial charge in [0.05, 0.1) is 4.88 Å². The summed E-state index contributed by atoms with van der Waals surface area (Å²) in [6.07, 6.45) is 0. The van der Waals surface area contributed by atoms with Gasteiger partial charge in [-0.25, -0.2) is 0 Å². The Balaban J connectivity index is 1.94. The van der Waals surface area contributed by atoms with E-state index in [0.29, 0.717) is 0 Å². The number of aliphatic hydroxyl groups is 1. The van der Waals surface area contributed by atoms with Crippen LogP contribution in [0.2, 0.25) is 5.02 Å². The first-order valence-electron chi connectivity index (χ1n) is 6.29. The van der Waals surface area contributed by atoms with Gasteiger partial charge < -0.3 is 5.11 Å². The third kappa shape index (κ3) is 4.66. The van der Waals surface area contributed by atoms with Gasteiger partial charge in [0, 0.05) is 23.0 Å². The summed E-state index contributed by atoms with van der Waals surface area (Å²) in [7, 11) is 2.08. The Bertz CT molecular complexity index is 627. The molecule has 2 nitrogen and oxygen atoms in total. The standard InChI is InChI=1S/C16H16ClNOS/c1-18(11-13-4-2-5-14(17)10-13)12-16-8-7-15(20-16)6-3-9-19/h2,4-5,7-8,10,19H,9,11-12H2,1H3. The lowest BCUT2D eigenvalue weighted by Crippen LogP contribution is -2.16. The molecular weight excluding hydrogens is 290 g/mol. The molecule has 0 aliphatic heterocycles. The number of benzene rings is 1. The summed E-state index contributed by atoms with van der Waals surface area (Å²) in [6.45, 7) is 1.63. The van der Waals surface area contributed by atoms with E-state index < -0.39 is 0 Å². The Hall–Kier alpha value is -1.31. The van der Waals surface area contributed by atoms with E-state index in [1.54, 1.807) is 11.3 Å². The minimum Gasteiger partial charge on any atom is -0.384 e. The zero-order chi connectivity index (χ0) is 14.4. The van der Waals surface area contributed by atoms with Crippen LogP contribution in [0.3, 0.4) is 0 Å². The SMILES string of the molecule is CN(Cc1cccc(Cl)c1)Cc1ccc(C#CCO)s1. The summed E-state index contributed by atoms with van der Waals surface area (Å²) in [5, 5.41) is 9.45. The molecule has 1 aromatic heterocycles. The van der Waals surface area contributed by atoms with E-state index in [1.165, 1.54) is 10.4 Å². The number of halogens is 1. The molecule has 104 valence electrons. The number of hydrogen-bond acceptors (Lipinski definition) is 3. The summed E-state index contributed by atoms with van der Waals surface area (Å²) < 4.78 is 0. The summed E-state index contributed by atoms with van der Waals surface area (Å²) in [4.78, 5) is 4.49. The lowest BCUT2D eigenvalue weighted by Gasteiger charge is -2.15. The van der Waals surface area contributed by atoms with Crippen LogP contribution in [0.5, 0.6) is 0 Å². The van der Waals surface area contributed by atoms with Crippen LogP contribution in [0, 0.1) is 11.8 Å². The Labute approximate surface area is 128 Å². The first-order valence-corrected chi connectivity index (χ1v) is 7.48. The number of aliphatic hydroxyl groups excluding tert-OH is 1. The summed E-state index contributed by atoms with van der Waals surface area (Å²) >= 11 is 7.65. The smallest absolute Gasteiger partial charge is 0.104 e. The molecule has 0 amide bonds. The molecule has 0 fully saturated rings. The fourth-order valence-corrected chi connectivity index (χ4v) is 3.10. The van der Waals surface area contributed by atoms with Gasteiger partial charge in [-0.05, 0) is 36.9 Å². The topological polar surface area (TPSA) is 23.5 Å². The van der Waals surface area contributed by atoms with Crippen molar-refractivity contribution in [2.24, 2.45) is 0 Å². The molecule has 2 aromatic rings. The quantitative estimate of drug-likeness (QED) is 0.875. The highest BCUT2D eigenvalue weighted by Crippen LogP contribution is 2.18. The zero-order valence-electron chi connectivity index (χ0n) is 11.3. The van der Waals surface area contributed by atoms with Gasteiger partial charge in [0.15, 0.2) is 0 Å². The molecule has 20 heavy (non-hydrogen) atoms. The van der Waals surface area contributed by atoms with E-state index in [1.807, 2.05) is 24.3 Å². The molecule has 0 radical (unpaired) electrons. The Morgan fingerprint density at radius 3 is 2.85 bits per heavy atom. The average Bonchev–Trinajstić information content (AvgIpc) is 2.83. The Morgan fingerprint density at radius 1 is 1.25 bits per heavy atom. The molecule has 0 spiro atoms. The van der Waals surface area contributed by atoms with E-state index in [9.17, 15) is 0 Å². The van der Waals surface area contributed by atoms with Gasteiger partial charge in [-0.1, -0.05) is 35.6 Å². The minimum absolute atomic E-state index is 0.0953. The monoisotopic (exact) mass is 305 g/mol. The van der Waals surface area contributed by atoms with Crippen LogP contribution >= 0.6 is 22.9 Å². The van der Waals surface area contributed by atoms with Crippen molar-refractivity contribution >= 4 is 22.9 Å². The predicted molar refractivity (Wildman–Crippen MR) is 84.9 cm³/mol. The molecule has 0 saturated heterocycles. The van der Waals surface area contributed by atoms with Crippen molar-refractivity contribution in [2.45, 2.75) is 13.1 Å². The van der Waals surface area contributed by atoms with Gasteiger partial charge in [0.25, 0.3) is 0 Å². The minimum atomic E-state index is -0.0953.